The lowest BCUT2D eigenvalue weighted by Crippen LogP contribution is -2.51. The maximum Gasteiger partial charge on any atom is 0.151 e. The van der Waals surface area contributed by atoms with Crippen molar-refractivity contribution in [3.05, 3.63) is 47.2 Å². The number of fused-ring (bicyclic) bond motifs is 1. The molecule has 0 amide bonds. The molecule has 1 saturated heterocycles. The lowest BCUT2D eigenvalue weighted by atomic mass is 9.95. The quantitative estimate of drug-likeness (QED) is 0.877. The van der Waals surface area contributed by atoms with Crippen LogP contribution in [0.15, 0.2) is 30.3 Å². The van der Waals surface area contributed by atoms with Gasteiger partial charge in [-0.1, -0.05) is 12.1 Å². The Morgan fingerprint density at radius 2 is 1.92 bits per heavy atom. The van der Waals surface area contributed by atoms with Gasteiger partial charge in [-0.2, -0.15) is 5.10 Å². The average Bonchev–Trinajstić information content (AvgIpc) is 2.63. The summed E-state index contributed by atoms with van der Waals surface area (Å²) >= 11 is 0. The number of rotatable bonds is 6. The molecule has 0 radical (unpaired) electrons. The first-order chi connectivity index (χ1) is 12.3. The van der Waals surface area contributed by atoms with Crippen molar-refractivity contribution in [2.45, 2.75) is 32.2 Å². The van der Waals surface area contributed by atoms with Crippen LogP contribution in [0.25, 0.3) is 0 Å². The first-order valence-corrected chi connectivity index (χ1v) is 9.26. The smallest absolute Gasteiger partial charge is 0.151 e. The van der Waals surface area contributed by atoms with Gasteiger partial charge in [0.1, 0.15) is 5.75 Å². The van der Waals surface area contributed by atoms with Gasteiger partial charge in [0.25, 0.3) is 0 Å². The molecule has 0 spiro atoms. The third-order valence-corrected chi connectivity index (χ3v) is 5.26. The number of nitrogens with zero attached hydrogens (tertiary/aromatic N) is 3. The molecule has 132 valence electrons. The normalized spacial score (nSPS) is 17.1. The molecule has 1 aromatic carbocycles. The second kappa shape index (κ2) is 7.40. The van der Waals surface area contributed by atoms with Crippen molar-refractivity contribution in [3.8, 4) is 5.75 Å². The summed E-state index contributed by atoms with van der Waals surface area (Å²) < 4.78 is 5.19. The predicted octanol–water partition coefficient (Wildman–Crippen LogP) is 2.59. The number of methoxy groups -OCH3 is 1. The summed E-state index contributed by atoms with van der Waals surface area (Å²) in [6.07, 6.45) is 4.81. The molecule has 5 nitrogen and oxygen atoms in total. The number of nitrogens with one attached hydrogen (secondary N) is 1. The zero-order valence-electron chi connectivity index (χ0n) is 14.9. The number of ether oxygens (including phenoxy) is 1. The van der Waals surface area contributed by atoms with Crippen LogP contribution < -0.4 is 15.0 Å². The minimum Gasteiger partial charge on any atom is -0.497 e. The minimum absolute atomic E-state index is 0.691. The number of hydrogen-bond donors (Lipinski definition) is 1. The van der Waals surface area contributed by atoms with Crippen molar-refractivity contribution in [2.75, 3.05) is 31.6 Å². The predicted molar refractivity (Wildman–Crippen MR) is 99.1 cm³/mol. The van der Waals surface area contributed by atoms with Gasteiger partial charge in [-0.15, -0.1) is 5.10 Å². The molecule has 2 aromatic rings. The van der Waals surface area contributed by atoms with Crippen LogP contribution >= 0.6 is 0 Å². The molecule has 1 N–H and O–H groups in total. The van der Waals surface area contributed by atoms with Crippen LogP contribution in [0.1, 0.15) is 29.7 Å². The minimum atomic E-state index is 0.691. The van der Waals surface area contributed by atoms with Gasteiger partial charge in [0.15, 0.2) is 5.82 Å². The third kappa shape index (κ3) is 3.76. The summed E-state index contributed by atoms with van der Waals surface area (Å²) in [7, 11) is 1.70. The third-order valence-electron chi connectivity index (χ3n) is 5.26. The van der Waals surface area contributed by atoms with Crippen LogP contribution in [0.3, 0.4) is 0 Å². The SMILES string of the molecule is COc1ccc(CNCC2CN(c3cc4c(nn3)CCCC4)C2)cc1. The van der Waals surface area contributed by atoms with Gasteiger partial charge < -0.3 is 15.0 Å². The van der Waals surface area contributed by atoms with Crippen molar-refractivity contribution in [2.24, 2.45) is 5.92 Å². The fourth-order valence-corrected chi connectivity index (χ4v) is 3.68. The average molecular weight is 338 g/mol. The number of aromatic nitrogens is 2. The second-order valence-electron chi connectivity index (χ2n) is 7.13. The Labute approximate surface area is 149 Å². The van der Waals surface area contributed by atoms with E-state index in [1.165, 1.54) is 36.1 Å². The van der Waals surface area contributed by atoms with Gasteiger partial charge in [-0.3, -0.25) is 0 Å². The maximum absolute atomic E-state index is 5.19. The van der Waals surface area contributed by atoms with Crippen LogP contribution in [0.4, 0.5) is 5.82 Å². The Kier molecular flexibility index (Phi) is 4.83. The van der Waals surface area contributed by atoms with E-state index in [1.54, 1.807) is 7.11 Å². The summed E-state index contributed by atoms with van der Waals surface area (Å²) in [6, 6.07) is 10.5. The van der Waals surface area contributed by atoms with Crippen molar-refractivity contribution in [1.29, 1.82) is 0 Å². The Morgan fingerprint density at radius 1 is 1.12 bits per heavy atom. The number of benzene rings is 1. The summed E-state index contributed by atoms with van der Waals surface area (Å²) in [4.78, 5) is 2.35. The molecule has 2 aliphatic rings. The topological polar surface area (TPSA) is 50.3 Å². The highest BCUT2D eigenvalue weighted by Gasteiger charge is 2.28. The zero-order valence-corrected chi connectivity index (χ0v) is 14.9. The van der Waals surface area contributed by atoms with E-state index in [9.17, 15) is 0 Å². The number of aryl methyl sites for hydroxylation is 2. The van der Waals surface area contributed by atoms with Gasteiger partial charge in [0.2, 0.25) is 0 Å². The van der Waals surface area contributed by atoms with E-state index in [0.717, 1.165) is 44.2 Å². The van der Waals surface area contributed by atoms with E-state index < -0.39 is 0 Å². The number of hydrogen-bond acceptors (Lipinski definition) is 5. The van der Waals surface area contributed by atoms with Crippen molar-refractivity contribution in [1.82, 2.24) is 15.5 Å². The van der Waals surface area contributed by atoms with Crippen LogP contribution in [0.2, 0.25) is 0 Å². The number of anilines is 1. The van der Waals surface area contributed by atoms with Crippen molar-refractivity contribution >= 4 is 5.82 Å². The highest BCUT2D eigenvalue weighted by molar-refractivity contribution is 5.44. The van der Waals surface area contributed by atoms with E-state index in [2.05, 4.69) is 38.6 Å². The van der Waals surface area contributed by atoms with Gasteiger partial charge in [0.05, 0.1) is 12.8 Å². The monoisotopic (exact) mass is 338 g/mol. The molecule has 1 aliphatic heterocycles. The molecule has 4 rings (SSSR count). The lowest BCUT2D eigenvalue weighted by molar-refractivity contribution is 0.381. The Balaban J connectivity index is 1.22. The fraction of sp³-hybridized carbons (Fsp3) is 0.500. The standard InChI is InChI=1S/C20H26N4O/c1-25-18-8-6-15(7-9-18)11-21-12-16-13-24(14-16)20-10-17-4-2-3-5-19(17)22-23-20/h6-10,16,21H,2-5,11-14H2,1H3. The first kappa shape index (κ1) is 16.3. The van der Waals surface area contributed by atoms with Gasteiger partial charge in [-0.05, 0) is 55.0 Å². The van der Waals surface area contributed by atoms with E-state index in [-0.39, 0.29) is 0 Å². The lowest BCUT2D eigenvalue weighted by Gasteiger charge is -2.40. The molecule has 0 unspecified atom stereocenters. The Morgan fingerprint density at radius 3 is 2.72 bits per heavy atom. The highest BCUT2D eigenvalue weighted by Crippen LogP contribution is 2.26. The van der Waals surface area contributed by atoms with Gasteiger partial charge in [0, 0.05) is 32.1 Å². The molecule has 0 atom stereocenters. The van der Waals surface area contributed by atoms with E-state index in [1.807, 2.05) is 12.1 Å². The largest absolute Gasteiger partial charge is 0.497 e. The van der Waals surface area contributed by atoms with Crippen LogP contribution in [0.5, 0.6) is 5.75 Å². The van der Waals surface area contributed by atoms with Gasteiger partial charge >= 0.3 is 0 Å². The molecule has 1 aromatic heterocycles. The first-order valence-electron chi connectivity index (χ1n) is 9.26. The Bertz CT molecular complexity index is 710. The van der Waals surface area contributed by atoms with E-state index in [4.69, 9.17) is 4.74 Å². The molecule has 0 bridgehead atoms. The molecule has 0 saturated carbocycles. The van der Waals surface area contributed by atoms with Crippen molar-refractivity contribution < 1.29 is 4.74 Å². The zero-order chi connectivity index (χ0) is 17.1. The molecule has 2 heterocycles. The maximum atomic E-state index is 5.19. The molecule has 5 heteroatoms. The second-order valence-corrected chi connectivity index (χ2v) is 7.13. The Hall–Kier alpha value is -2.14. The van der Waals surface area contributed by atoms with Crippen LogP contribution in [-0.4, -0.2) is 36.9 Å². The molecule has 1 fully saturated rings. The molecule has 1 aliphatic carbocycles. The summed E-state index contributed by atoms with van der Waals surface area (Å²) in [5.74, 6) is 2.66. The van der Waals surface area contributed by atoms with E-state index in [0.29, 0.717) is 5.92 Å². The summed E-state index contributed by atoms with van der Waals surface area (Å²) in [5, 5.41) is 12.4. The van der Waals surface area contributed by atoms with Gasteiger partial charge in [-0.25, -0.2) is 0 Å². The molecular formula is C20H26N4O. The summed E-state index contributed by atoms with van der Waals surface area (Å²) in [5.41, 5.74) is 3.92. The van der Waals surface area contributed by atoms with E-state index >= 15 is 0 Å². The summed E-state index contributed by atoms with van der Waals surface area (Å²) in [6.45, 7) is 4.09. The van der Waals surface area contributed by atoms with Crippen molar-refractivity contribution in [3.63, 3.8) is 0 Å². The molecular weight excluding hydrogens is 312 g/mol. The highest BCUT2D eigenvalue weighted by atomic mass is 16.5. The van der Waals surface area contributed by atoms with Crippen LogP contribution in [-0.2, 0) is 19.4 Å². The fourth-order valence-electron chi connectivity index (χ4n) is 3.68. The molecule has 25 heavy (non-hydrogen) atoms. The van der Waals surface area contributed by atoms with Crippen LogP contribution in [0, 0.1) is 5.92 Å².